The molecule has 1 aromatic carbocycles. The maximum atomic E-state index is 13.6. The number of halogens is 2. The molecule has 4 aromatic rings. The van der Waals surface area contributed by atoms with Crippen LogP contribution in [0.25, 0.3) is 21.4 Å². The summed E-state index contributed by atoms with van der Waals surface area (Å²) in [4.78, 5) is 21.4. The van der Waals surface area contributed by atoms with Gasteiger partial charge in [0.15, 0.2) is 9.60 Å². The second-order valence-electron chi connectivity index (χ2n) is 5.76. The van der Waals surface area contributed by atoms with Crippen LogP contribution in [0.4, 0.5) is 8.78 Å². The van der Waals surface area contributed by atoms with Crippen molar-refractivity contribution in [2.45, 2.75) is 19.6 Å². The Morgan fingerprint density at radius 2 is 2.11 bits per heavy atom. The number of thiazole rings is 1. The van der Waals surface area contributed by atoms with Crippen molar-refractivity contribution in [1.29, 1.82) is 0 Å². The Balaban J connectivity index is 1.85. The number of hydrogen-bond acceptors (Lipinski definition) is 5. The Bertz CT molecular complexity index is 1280. The number of alkyl halides is 2. The minimum atomic E-state index is -2.77. The molecule has 0 aliphatic rings. The number of nitrogens with zero attached hydrogens (tertiary/aromatic N) is 5. The zero-order chi connectivity index (χ0) is 19.1. The lowest BCUT2D eigenvalue weighted by molar-refractivity contribution is 0.0711. The van der Waals surface area contributed by atoms with Crippen molar-refractivity contribution in [3.05, 3.63) is 63.4 Å². The quantitative estimate of drug-likeness (QED) is 0.372. The van der Waals surface area contributed by atoms with Gasteiger partial charge in [-0.2, -0.15) is 8.78 Å². The highest BCUT2D eigenvalue weighted by atomic mass is 32.1. The van der Waals surface area contributed by atoms with Crippen molar-refractivity contribution in [2.24, 2.45) is 0 Å². The molecule has 4 rings (SSSR count). The zero-order valence-corrected chi connectivity index (χ0v) is 15.5. The molecule has 10 heteroatoms. The number of imidazole rings is 1. The van der Waals surface area contributed by atoms with Crippen LogP contribution in [0.5, 0.6) is 0 Å². The highest BCUT2D eigenvalue weighted by Crippen LogP contribution is 2.24. The Hall–Kier alpha value is -2.72. The molecule has 6 nitrogen and oxygen atoms in total. The number of para-hydroxylation sites is 2. The SMILES string of the molecule is C=CCn1c(=S)sc2c(=O)n(Cc3nc4ccccc4n3C(F)F)cnc21. The minimum Gasteiger partial charge on any atom is -0.304 e. The van der Waals surface area contributed by atoms with Crippen molar-refractivity contribution in [1.82, 2.24) is 23.7 Å². The zero-order valence-electron chi connectivity index (χ0n) is 13.9. The summed E-state index contributed by atoms with van der Waals surface area (Å²) in [6, 6.07) is 6.62. The first-order chi connectivity index (χ1) is 13.0. The molecule has 3 heterocycles. The van der Waals surface area contributed by atoms with Crippen LogP contribution in [0.1, 0.15) is 12.4 Å². The molecule has 138 valence electrons. The van der Waals surface area contributed by atoms with Gasteiger partial charge in [0.1, 0.15) is 16.9 Å². The molecule has 0 unspecified atom stereocenters. The highest BCUT2D eigenvalue weighted by Gasteiger charge is 2.19. The van der Waals surface area contributed by atoms with Gasteiger partial charge < -0.3 is 4.57 Å². The van der Waals surface area contributed by atoms with Gasteiger partial charge >= 0.3 is 6.55 Å². The van der Waals surface area contributed by atoms with Gasteiger partial charge in [-0.3, -0.25) is 13.9 Å². The first-order valence-electron chi connectivity index (χ1n) is 7.95. The van der Waals surface area contributed by atoms with E-state index in [-0.39, 0.29) is 17.9 Å². The summed E-state index contributed by atoms with van der Waals surface area (Å²) >= 11 is 6.42. The fourth-order valence-electron chi connectivity index (χ4n) is 2.95. The second kappa shape index (κ2) is 6.78. The fraction of sp³-hybridized carbons (Fsp3) is 0.176. The van der Waals surface area contributed by atoms with E-state index in [1.165, 1.54) is 10.9 Å². The molecule has 0 fully saturated rings. The van der Waals surface area contributed by atoms with E-state index in [4.69, 9.17) is 12.2 Å². The molecule has 0 amide bonds. The molecule has 0 spiro atoms. The number of fused-ring (bicyclic) bond motifs is 2. The summed E-state index contributed by atoms with van der Waals surface area (Å²) < 4.78 is 31.9. The lowest BCUT2D eigenvalue weighted by Gasteiger charge is -2.09. The summed E-state index contributed by atoms with van der Waals surface area (Å²) in [5.74, 6) is 0.0866. The number of benzene rings is 1. The molecule has 0 saturated heterocycles. The van der Waals surface area contributed by atoms with E-state index < -0.39 is 6.55 Å². The van der Waals surface area contributed by atoms with E-state index >= 15 is 0 Å². The minimum absolute atomic E-state index is 0.0866. The van der Waals surface area contributed by atoms with E-state index in [2.05, 4.69) is 16.5 Å². The van der Waals surface area contributed by atoms with E-state index in [9.17, 15) is 13.6 Å². The number of aromatic nitrogens is 5. The van der Waals surface area contributed by atoms with E-state index in [1.54, 1.807) is 34.9 Å². The summed E-state index contributed by atoms with van der Waals surface area (Å²) in [7, 11) is 0. The van der Waals surface area contributed by atoms with E-state index in [0.717, 1.165) is 15.9 Å². The average molecular weight is 405 g/mol. The number of allylic oxidation sites excluding steroid dienone is 1. The number of rotatable bonds is 5. The van der Waals surface area contributed by atoms with E-state index in [0.29, 0.717) is 31.9 Å². The molecule has 27 heavy (non-hydrogen) atoms. The molecule has 0 saturated carbocycles. The first kappa shape index (κ1) is 17.7. The van der Waals surface area contributed by atoms with Crippen molar-refractivity contribution in [3.63, 3.8) is 0 Å². The van der Waals surface area contributed by atoms with Crippen LogP contribution in [0.15, 0.2) is 48.0 Å². The van der Waals surface area contributed by atoms with Gasteiger partial charge in [0.25, 0.3) is 5.56 Å². The van der Waals surface area contributed by atoms with Crippen LogP contribution >= 0.6 is 23.6 Å². The van der Waals surface area contributed by atoms with Crippen molar-refractivity contribution >= 4 is 44.9 Å². The fourth-order valence-corrected chi connectivity index (χ4v) is 4.27. The highest BCUT2D eigenvalue weighted by molar-refractivity contribution is 7.73. The maximum absolute atomic E-state index is 13.6. The monoisotopic (exact) mass is 405 g/mol. The van der Waals surface area contributed by atoms with Gasteiger partial charge in [0.2, 0.25) is 0 Å². The van der Waals surface area contributed by atoms with Crippen LogP contribution in [0, 0.1) is 3.95 Å². The molecule has 0 N–H and O–H groups in total. The van der Waals surface area contributed by atoms with Crippen molar-refractivity contribution in [3.8, 4) is 0 Å². The average Bonchev–Trinajstić information content (AvgIpc) is 3.16. The molecule has 0 atom stereocenters. The summed E-state index contributed by atoms with van der Waals surface area (Å²) in [6.07, 6.45) is 3.00. The van der Waals surface area contributed by atoms with Crippen LogP contribution in [0.2, 0.25) is 0 Å². The second-order valence-corrected chi connectivity index (χ2v) is 7.41. The third kappa shape index (κ3) is 2.90. The van der Waals surface area contributed by atoms with Gasteiger partial charge in [-0.1, -0.05) is 29.5 Å². The smallest absolute Gasteiger partial charge is 0.304 e. The lowest BCUT2D eigenvalue weighted by Crippen LogP contribution is -2.23. The summed E-state index contributed by atoms with van der Waals surface area (Å²) in [5.41, 5.74) is 0.889. The Morgan fingerprint density at radius 3 is 2.85 bits per heavy atom. The number of hydrogen-bond donors (Lipinski definition) is 0. The van der Waals surface area contributed by atoms with Gasteiger partial charge in [-0.15, -0.1) is 6.58 Å². The first-order valence-corrected chi connectivity index (χ1v) is 9.17. The predicted octanol–water partition coefficient (Wildman–Crippen LogP) is 3.97. The Morgan fingerprint density at radius 1 is 1.33 bits per heavy atom. The predicted molar refractivity (Wildman–Crippen MR) is 103 cm³/mol. The normalized spacial score (nSPS) is 11.7. The van der Waals surface area contributed by atoms with Crippen molar-refractivity contribution in [2.75, 3.05) is 0 Å². The third-order valence-corrected chi connectivity index (χ3v) is 5.56. The molecular formula is C17H13F2N5OS2. The third-order valence-electron chi connectivity index (χ3n) is 4.13. The largest absolute Gasteiger partial charge is 0.320 e. The van der Waals surface area contributed by atoms with Crippen LogP contribution in [-0.2, 0) is 13.1 Å². The molecular weight excluding hydrogens is 392 g/mol. The Kier molecular flexibility index (Phi) is 4.44. The molecule has 0 radical (unpaired) electrons. The van der Waals surface area contributed by atoms with Gasteiger partial charge in [-0.25, -0.2) is 9.97 Å². The Labute approximate surface area is 160 Å². The van der Waals surface area contributed by atoms with Crippen LogP contribution in [-0.4, -0.2) is 23.7 Å². The van der Waals surface area contributed by atoms with Gasteiger partial charge in [-0.05, 0) is 24.4 Å². The van der Waals surface area contributed by atoms with Crippen molar-refractivity contribution < 1.29 is 8.78 Å². The standard InChI is InChI=1S/C17H13F2N5OS2/c1-2-7-23-14-13(27-17(23)26)15(25)22(9-20-14)8-12-21-10-5-3-4-6-11(10)24(12)16(18)19/h2-6,9,16H,1,7-8H2. The molecule has 3 aromatic heterocycles. The lowest BCUT2D eigenvalue weighted by atomic mass is 10.3. The maximum Gasteiger partial charge on any atom is 0.320 e. The van der Waals surface area contributed by atoms with Gasteiger partial charge in [0, 0.05) is 6.54 Å². The van der Waals surface area contributed by atoms with Gasteiger partial charge in [0.05, 0.1) is 17.6 Å². The molecule has 0 bridgehead atoms. The molecule has 0 aliphatic heterocycles. The summed E-state index contributed by atoms with van der Waals surface area (Å²) in [5, 5.41) is 0. The van der Waals surface area contributed by atoms with Crippen LogP contribution < -0.4 is 5.56 Å². The van der Waals surface area contributed by atoms with Crippen LogP contribution in [0.3, 0.4) is 0 Å². The summed E-state index contributed by atoms with van der Waals surface area (Å²) in [6.45, 7) is 1.23. The van der Waals surface area contributed by atoms with E-state index in [1.807, 2.05) is 0 Å². The topological polar surface area (TPSA) is 57.6 Å². The molecule has 0 aliphatic carbocycles.